The van der Waals surface area contributed by atoms with Crippen LogP contribution in [0.2, 0.25) is 0 Å². The Morgan fingerprint density at radius 2 is 1.79 bits per heavy atom. The molecule has 33 heavy (non-hydrogen) atoms. The third-order valence-electron chi connectivity index (χ3n) is 6.25. The first-order valence-corrected chi connectivity index (χ1v) is 12.0. The van der Waals surface area contributed by atoms with Gasteiger partial charge in [-0.3, -0.25) is 0 Å². The van der Waals surface area contributed by atoms with E-state index in [0.717, 1.165) is 29.7 Å². The molecule has 1 aliphatic carbocycles. The highest BCUT2D eigenvalue weighted by Crippen LogP contribution is 2.26. The Balaban J connectivity index is 2.01. The molecule has 0 heterocycles. The van der Waals surface area contributed by atoms with Crippen molar-refractivity contribution in [2.75, 3.05) is 19.8 Å². The molecule has 1 aromatic carbocycles. The molecule has 0 aromatic heterocycles. The van der Waals surface area contributed by atoms with Crippen molar-refractivity contribution in [1.82, 2.24) is 16.0 Å². The highest BCUT2D eigenvalue weighted by molar-refractivity contribution is 5.68. The Kier molecular flexibility index (Phi) is 10.5. The van der Waals surface area contributed by atoms with E-state index in [1.807, 2.05) is 6.92 Å². The minimum Gasteiger partial charge on any atom is -0.377 e. The number of benzene rings is 1. The Labute approximate surface area is 200 Å². The highest BCUT2D eigenvalue weighted by atomic mass is 19.1. The Bertz CT molecular complexity index is 886. The number of rotatable bonds is 14. The monoisotopic (exact) mass is 451 g/mol. The van der Waals surface area contributed by atoms with Gasteiger partial charge in [-0.15, -0.1) is 0 Å². The normalized spacial score (nSPS) is 14.8. The Morgan fingerprint density at radius 3 is 2.36 bits per heavy atom. The van der Waals surface area contributed by atoms with Crippen molar-refractivity contribution in [1.29, 1.82) is 0 Å². The summed E-state index contributed by atoms with van der Waals surface area (Å²) < 4.78 is 12.3. The van der Waals surface area contributed by atoms with E-state index in [-0.39, 0.29) is 12.6 Å². The van der Waals surface area contributed by atoms with Gasteiger partial charge in [-0.05, 0) is 74.6 Å². The zero-order valence-electron chi connectivity index (χ0n) is 21.0. The molecule has 3 N–H and O–H groups in total. The number of alkyl halides is 1. The molecular formula is C29H42FN3. The van der Waals surface area contributed by atoms with Gasteiger partial charge in [0.05, 0.1) is 11.9 Å². The van der Waals surface area contributed by atoms with Crippen molar-refractivity contribution in [3.63, 3.8) is 0 Å². The molecule has 2 rings (SSSR count). The zero-order chi connectivity index (χ0) is 24.4. The number of hydrogen-bond donors (Lipinski definition) is 3. The molecule has 0 aliphatic heterocycles. The van der Waals surface area contributed by atoms with Crippen LogP contribution in [0.1, 0.15) is 55.4 Å². The molecule has 3 nitrogen and oxygen atoms in total. The van der Waals surface area contributed by atoms with Crippen LogP contribution in [-0.2, 0) is 6.42 Å². The summed E-state index contributed by atoms with van der Waals surface area (Å²) in [6.45, 7) is 21.4. The quantitative estimate of drug-likeness (QED) is 0.292. The van der Waals surface area contributed by atoms with Gasteiger partial charge in [-0.2, -0.15) is 0 Å². The second kappa shape index (κ2) is 13.1. The lowest BCUT2D eigenvalue weighted by Gasteiger charge is -2.25. The smallest absolute Gasteiger partial charge is 0.107 e. The molecule has 0 fully saturated rings. The second-order valence-electron chi connectivity index (χ2n) is 9.23. The molecule has 180 valence electrons. The largest absolute Gasteiger partial charge is 0.377 e. The van der Waals surface area contributed by atoms with E-state index in [1.54, 1.807) is 0 Å². The molecule has 1 aliphatic rings. The van der Waals surface area contributed by atoms with E-state index in [0.29, 0.717) is 18.3 Å². The van der Waals surface area contributed by atoms with Gasteiger partial charge < -0.3 is 16.0 Å². The molecule has 0 amide bonds. The first-order chi connectivity index (χ1) is 15.7. The molecule has 0 radical (unpaired) electrons. The first kappa shape index (κ1) is 26.5. The maximum Gasteiger partial charge on any atom is 0.107 e. The lowest BCUT2D eigenvalue weighted by Crippen LogP contribution is -2.40. The van der Waals surface area contributed by atoms with Gasteiger partial charge in [0.25, 0.3) is 0 Å². The van der Waals surface area contributed by atoms with Crippen molar-refractivity contribution >= 4 is 5.70 Å². The van der Waals surface area contributed by atoms with E-state index in [1.165, 1.54) is 35.1 Å². The third kappa shape index (κ3) is 8.27. The molecule has 0 bridgehead atoms. The summed E-state index contributed by atoms with van der Waals surface area (Å²) in [6.07, 6.45) is 11.5. The SMILES string of the molecule is C=C(NCCF)NCC(NC(=C)c1c(C)cc(CCC(C)C2=CCCC=C2)cc1C)C(=C)C. The number of hydrogen-bond acceptors (Lipinski definition) is 3. The van der Waals surface area contributed by atoms with Gasteiger partial charge in [0.2, 0.25) is 0 Å². The van der Waals surface area contributed by atoms with Crippen LogP contribution >= 0.6 is 0 Å². The number of allylic oxidation sites excluding steroid dienone is 4. The summed E-state index contributed by atoms with van der Waals surface area (Å²) in [6, 6.07) is 4.57. The van der Waals surface area contributed by atoms with Crippen molar-refractivity contribution in [3.8, 4) is 0 Å². The van der Waals surface area contributed by atoms with Crippen LogP contribution in [-0.4, -0.2) is 25.8 Å². The third-order valence-corrected chi connectivity index (χ3v) is 6.25. The van der Waals surface area contributed by atoms with Crippen LogP contribution in [0.25, 0.3) is 5.70 Å². The van der Waals surface area contributed by atoms with E-state index >= 15 is 0 Å². The predicted molar refractivity (Wildman–Crippen MR) is 142 cm³/mol. The van der Waals surface area contributed by atoms with Crippen molar-refractivity contribution in [3.05, 3.63) is 89.3 Å². The fourth-order valence-corrected chi connectivity index (χ4v) is 4.34. The van der Waals surface area contributed by atoms with Gasteiger partial charge in [0, 0.05) is 24.4 Å². The van der Waals surface area contributed by atoms with E-state index in [2.05, 4.69) is 86.8 Å². The van der Waals surface area contributed by atoms with Gasteiger partial charge in [0.1, 0.15) is 6.67 Å². The van der Waals surface area contributed by atoms with Crippen LogP contribution in [0.3, 0.4) is 0 Å². The van der Waals surface area contributed by atoms with Crippen molar-refractivity contribution in [2.45, 2.75) is 59.4 Å². The van der Waals surface area contributed by atoms with Gasteiger partial charge in [-0.25, -0.2) is 4.39 Å². The van der Waals surface area contributed by atoms with Gasteiger partial charge >= 0.3 is 0 Å². The Hall–Kier alpha value is -2.75. The van der Waals surface area contributed by atoms with Crippen LogP contribution < -0.4 is 16.0 Å². The van der Waals surface area contributed by atoms with E-state index in [4.69, 9.17) is 0 Å². The average molecular weight is 452 g/mol. The minimum atomic E-state index is -0.429. The molecule has 0 saturated heterocycles. The summed E-state index contributed by atoms with van der Waals surface area (Å²) in [5.41, 5.74) is 8.36. The maximum atomic E-state index is 12.3. The second-order valence-corrected chi connectivity index (χ2v) is 9.23. The van der Waals surface area contributed by atoms with Crippen LogP contribution in [0, 0.1) is 19.8 Å². The molecule has 1 aromatic rings. The fourth-order valence-electron chi connectivity index (χ4n) is 4.34. The molecular weight excluding hydrogens is 409 g/mol. The summed E-state index contributed by atoms with van der Waals surface area (Å²) in [5.74, 6) is 1.19. The summed E-state index contributed by atoms with van der Waals surface area (Å²) in [4.78, 5) is 0. The zero-order valence-corrected chi connectivity index (χ0v) is 21.0. The fraction of sp³-hybridized carbons (Fsp3) is 0.448. The first-order valence-electron chi connectivity index (χ1n) is 12.0. The van der Waals surface area contributed by atoms with Gasteiger partial charge in [-0.1, -0.05) is 62.6 Å². The summed E-state index contributed by atoms with van der Waals surface area (Å²) >= 11 is 0. The van der Waals surface area contributed by atoms with Crippen molar-refractivity contribution in [2.24, 2.45) is 5.92 Å². The van der Waals surface area contributed by atoms with Crippen LogP contribution in [0.5, 0.6) is 0 Å². The predicted octanol–water partition coefficient (Wildman–Crippen LogP) is 6.27. The van der Waals surface area contributed by atoms with Gasteiger partial charge in [0.15, 0.2) is 0 Å². The lowest BCUT2D eigenvalue weighted by atomic mass is 9.89. The minimum absolute atomic E-state index is 0.0161. The lowest BCUT2D eigenvalue weighted by molar-refractivity contribution is 0.474. The highest BCUT2D eigenvalue weighted by Gasteiger charge is 2.15. The van der Waals surface area contributed by atoms with Crippen LogP contribution in [0.15, 0.2) is 67.1 Å². The molecule has 4 heteroatoms. The van der Waals surface area contributed by atoms with Crippen molar-refractivity contribution < 1.29 is 4.39 Å². The van der Waals surface area contributed by atoms with E-state index < -0.39 is 6.67 Å². The maximum absolute atomic E-state index is 12.3. The Morgan fingerprint density at radius 1 is 1.09 bits per heavy atom. The standard InChI is InChI=1S/C29H42FN3/c1-20(2)28(19-32-25(7)31-16-15-30)33-24(6)29-22(4)17-26(18-23(29)5)14-13-21(3)27-11-9-8-10-12-27/h9,11-12,17-18,21,28,31-33H,1,6-8,10,13-16,19H2,2-5H3. The molecule has 2 unspecified atom stereocenters. The molecule has 0 saturated carbocycles. The van der Waals surface area contributed by atoms with Crippen LogP contribution in [0.4, 0.5) is 4.39 Å². The summed E-state index contributed by atoms with van der Waals surface area (Å²) in [7, 11) is 0. The number of halogens is 1. The number of nitrogens with one attached hydrogen (secondary N) is 3. The van der Waals surface area contributed by atoms with E-state index in [9.17, 15) is 4.39 Å². The average Bonchev–Trinajstić information content (AvgIpc) is 2.78. The molecule has 2 atom stereocenters. The topological polar surface area (TPSA) is 36.1 Å². The summed E-state index contributed by atoms with van der Waals surface area (Å²) in [5, 5.41) is 9.64. The number of aryl methyl sites for hydroxylation is 3. The molecule has 0 spiro atoms.